The maximum absolute atomic E-state index is 14.1. The van der Waals surface area contributed by atoms with E-state index in [1.807, 2.05) is 4.90 Å². The van der Waals surface area contributed by atoms with Crippen LogP contribution in [0.4, 0.5) is 10.1 Å². The van der Waals surface area contributed by atoms with E-state index in [4.69, 9.17) is 4.74 Å². The fourth-order valence-corrected chi connectivity index (χ4v) is 2.75. The summed E-state index contributed by atoms with van der Waals surface area (Å²) >= 11 is 0. The first-order valence-corrected chi connectivity index (χ1v) is 6.78. The Hall–Kier alpha value is -1.13. The van der Waals surface area contributed by atoms with Gasteiger partial charge < -0.3 is 14.7 Å². The van der Waals surface area contributed by atoms with Gasteiger partial charge in [0, 0.05) is 25.8 Å². The predicted molar refractivity (Wildman–Crippen MR) is 73.8 cm³/mol. The molecule has 0 spiro atoms. The fraction of sp³-hybridized carbons (Fsp3) is 0.600. The summed E-state index contributed by atoms with van der Waals surface area (Å²) in [4.78, 5) is 1.99. The molecule has 3 atom stereocenters. The summed E-state index contributed by atoms with van der Waals surface area (Å²) in [6, 6.07) is 4.87. The maximum Gasteiger partial charge on any atom is 0.146 e. The molecule has 2 rings (SSSR count). The van der Waals surface area contributed by atoms with Gasteiger partial charge in [0.25, 0.3) is 0 Å². The van der Waals surface area contributed by atoms with E-state index >= 15 is 0 Å². The Morgan fingerprint density at radius 1 is 1.47 bits per heavy atom. The first-order chi connectivity index (χ1) is 9.04. The largest absolute Gasteiger partial charge is 0.389 e. The molecule has 0 radical (unpaired) electrons. The van der Waals surface area contributed by atoms with E-state index in [9.17, 15) is 9.50 Å². The molecular weight excluding hydrogens is 245 g/mol. The Balaban J connectivity index is 2.31. The van der Waals surface area contributed by atoms with Crippen molar-refractivity contribution in [2.45, 2.75) is 32.5 Å². The van der Waals surface area contributed by atoms with Crippen molar-refractivity contribution in [2.75, 3.05) is 25.1 Å². The van der Waals surface area contributed by atoms with Crippen LogP contribution < -0.4 is 4.90 Å². The molecule has 0 aliphatic carbocycles. The summed E-state index contributed by atoms with van der Waals surface area (Å²) in [5.41, 5.74) is 1.16. The van der Waals surface area contributed by atoms with Gasteiger partial charge in [-0.15, -0.1) is 0 Å². The van der Waals surface area contributed by atoms with E-state index in [2.05, 4.69) is 6.92 Å². The average Bonchev–Trinajstić information content (AvgIpc) is 2.39. The second-order valence-electron chi connectivity index (χ2n) is 5.34. The van der Waals surface area contributed by atoms with Gasteiger partial charge in [0.1, 0.15) is 5.82 Å². The first kappa shape index (κ1) is 14.3. The highest BCUT2D eigenvalue weighted by Gasteiger charge is 2.29. The molecule has 1 fully saturated rings. The fourth-order valence-electron chi connectivity index (χ4n) is 2.75. The predicted octanol–water partition coefficient (Wildman–Crippen LogP) is 2.74. The van der Waals surface area contributed by atoms with E-state index in [0.29, 0.717) is 23.7 Å². The lowest BCUT2D eigenvalue weighted by Crippen LogP contribution is -2.44. The molecule has 1 heterocycles. The highest BCUT2D eigenvalue weighted by Crippen LogP contribution is 2.32. The molecule has 19 heavy (non-hydrogen) atoms. The number of para-hydroxylation sites is 1. The first-order valence-electron chi connectivity index (χ1n) is 6.78. The van der Waals surface area contributed by atoms with Crippen molar-refractivity contribution in [3.63, 3.8) is 0 Å². The smallest absolute Gasteiger partial charge is 0.146 e. The quantitative estimate of drug-likeness (QED) is 0.914. The Morgan fingerprint density at radius 2 is 2.21 bits per heavy atom. The molecular formula is C15H22FNO2. The number of hydrogen-bond acceptors (Lipinski definition) is 3. The molecule has 3 unspecified atom stereocenters. The van der Waals surface area contributed by atoms with Crippen molar-refractivity contribution in [3.8, 4) is 0 Å². The third-order valence-electron chi connectivity index (χ3n) is 3.98. The lowest BCUT2D eigenvalue weighted by molar-refractivity contribution is 0.0495. The minimum Gasteiger partial charge on any atom is -0.389 e. The van der Waals surface area contributed by atoms with Crippen LogP contribution in [0.1, 0.15) is 31.9 Å². The van der Waals surface area contributed by atoms with Gasteiger partial charge >= 0.3 is 0 Å². The standard InChI is InChI=1S/C15H22FNO2/c1-10-7-8-17(9-14(10)19-3)15-12(11(2)18)5-4-6-13(15)16/h4-6,10-11,14,18H,7-9H2,1-3H3. The summed E-state index contributed by atoms with van der Waals surface area (Å²) in [7, 11) is 1.70. The number of benzene rings is 1. The zero-order valence-electron chi connectivity index (χ0n) is 11.8. The van der Waals surface area contributed by atoms with Crippen molar-refractivity contribution in [1.29, 1.82) is 0 Å². The van der Waals surface area contributed by atoms with Gasteiger partial charge in [-0.3, -0.25) is 0 Å². The number of ether oxygens (including phenoxy) is 1. The molecule has 106 valence electrons. The van der Waals surface area contributed by atoms with Gasteiger partial charge in [-0.1, -0.05) is 19.1 Å². The van der Waals surface area contributed by atoms with Crippen LogP contribution in [0.5, 0.6) is 0 Å². The van der Waals surface area contributed by atoms with E-state index in [-0.39, 0.29) is 11.9 Å². The normalized spacial score (nSPS) is 25.4. The highest BCUT2D eigenvalue weighted by molar-refractivity contribution is 5.56. The van der Waals surface area contributed by atoms with Gasteiger partial charge in [0.15, 0.2) is 0 Å². The number of hydrogen-bond donors (Lipinski definition) is 1. The molecule has 1 N–H and O–H groups in total. The number of piperidine rings is 1. The Morgan fingerprint density at radius 3 is 2.84 bits per heavy atom. The third kappa shape index (κ3) is 2.90. The number of anilines is 1. The lowest BCUT2D eigenvalue weighted by Gasteiger charge is -2.38. The van der Waals surface area contributed by atoms with Crippen molar-refractivity contribution in [1.82, 2.24) is 0 Å². The van der Waals surface area contributed by atoms with Gasteiger partial charge in [0.2, 0.25) is 0 Å². The maximum atomic E-state index is 14.1. The van der Waals surface area contributed by atoms with Crippen LogP contribution >= 0.6 is 0 Å². The molecule has 3 nitrogen and oxygen atoms in total. The van der Waals surface area contributed by atoms with Gasteiger partial charge in [-0.05, 0) is 25.3 Å². The van der Waals surface area contributed by atoms with Crippen LogP contribution in [0.3, 0.4) is 0 Å². The summed E-state index contributed by atoms with van der Waals surface area (Å²) in [5, 5.41) is 9.81. The summed E-state index contributed by atoms with van der Waals surface area (Å²) in [6.07, 6.45) is 0.396. The van der Waals surface area contributed by atoms with Crippen LogP contribution in [0.25, 0.3) is 0 Å². The number of nitrogens with zero attached hydrogens (tertiary/aromatic N) is 1. The highest BCUT2D eigenvalue weighted by atomic mass is 19.1. The number of aliphatic hydroxyl groups excluding tert-OH is 1. The Labute approximate surface area is 114 Å². The van der Waals surface area contributed by atoms with Crippen LogP contribution in [0.15, 0.2) is 18.2 Å². The lowest BCUT2D eigenvalue weighted by atomic mass is 9.94. The second kappa shape index (κ2) is 5.88. The third-order valence-corrected chi connectivity index (χ3v) is 3.98. The molecule has 0 amide bonds. The average molecular weight is 267 g/mol. The van der Waals surface area contributed by atoms with E-state index in [1.54, 1.807) is 26.2 Å². The summed E-state index contributed by atoms with van der Waals surface area (Å²) in [6.45, 7) is 5.28. The summed E-state index contributed by atoms with van der Waals surface area (Å²) < 4.78 is 19.6. The van der Waals surface area contributed by atoms with Crippen LogP contribution in [-0.2, 0) is 4.74 Å². The minimum absolute atomic E-state index is 0.107. The minimum atomic E-state index is -0.675. The van der Waals surface area contributed by atoms with Gasteiger partial charge in [-0.25, -0.2) is 4.39 Å². The van der Waals surface area contributed by atoms with Crippen LogP contribution in [0.2, 0.25) is 0 Å². The zero-order valence-corrected chi connectivity index (χ0v) is 11.8. The monoisotopic (exact) mass is 267 g/mol. The number of methoxy groups -OCH3 is 1. The SMILES string of the molecule is COC1CN(c2c(F)cccc2C(C)O)CCC1C. The van der Waals surface area contributed by atoms with Crippen molar-refractivity contribution < 1.29 is 14.2 Å². The number of aliphatic hydroxyl groups is 1. The second-order valence-corrected chi connectivity index (χ2v) is 5.34. The van der Waals surface area contributed by atoms with Crippen molar-refractivity contribution in [2.24, 2.45) is 5.92 Å². The molecule has 0 bridgehead atoms. The molecule has 1 aliphatic heterocycles. The van der Waals surface area contributed by atoms with Gasteiger partial charge in [0.05, 0.1) is 17.9 Å². The molecule has 0 aromatic heterocycles. The summed E-state index contributed by atoms with van der Waals surface area (Å²) in [5.74, 6) is 0.200. The number of rotatable bonds is 3. The molecule has 1 aromatic rings. The van der Waals surface area contributed by atoms with E-state index in [0.717, 1.165) is 13.0 Å². The molecule has 4 heteroatoms. The molecule has 1 aromatic carbocycles. The van der Waals surface area contributed by atoms with Gasteiger partial charge in [-0.2, -0.15) is 0 Å². The van der Waals surface area contributed by atoms with E-state index < -0.39 is 6.10 Å². The number of halogens is 1. The topological polar surface area (TPSA) is 32.7 Å². The van der Waals surface area contributed by atoms with Crippen molar-refractivity contribution >= 4 is 5.69 Å². The Kier molecular flexibility index (Phi) is 4.42. The molecule has 1 saturated heterocycles. The Bertz CT molecular complexity index is 436. The van der Waals surface area contributed by atoms with Crippen molar-refractivity contribution in [3.05, 3.63) is 29.6 Å². The van der Waals surface area contributed by atoms with Crippen LogP contribution in [0, 0.1) is 11.7 Å². The zero-order chi connectivity index (χ0) is 14.0. The molecule has 0 saturated carbocycles. The van der Waals surface area contributed by atoms with E-state index in [1.165, 1.54) is 6.07 Å². The van der Waals surface area contributed by atoms with Crippen LogP contribution in [-0.4, -0.2) is 31.4 Å². The molecule has 1 aliphatic rings.